The van der Waals surface area contributed by atoms with Crippen LogP contribution < -0.4 is 9.64 Å². The van der Waals surface area contributed by atoms with E-state index < -0.39 is 5.97 Å². The van der Waals surface area contributed by atoms with Crippen LogP contribution in [-0.2, 0) is 11.4 Å². The normalized spacial score (nSPS) is 14.3. The topological polar surface area (TPSA) is 79.2 Å². The van der Waals surface area contributed by atoms with Gasteiger partial charge in [0.25, 0.3) is 5.91 Å². The number of halogens is 1. The van der Waals surface area contributed by atoms with Crippen LogP contribution in [0.25, 0.3) is 6.08 Å². The van der Waals surface area contributed by atoms with Gasteiger partial charge in [-0.25, -0.2) is 4.79 Å². The first-order chi connectivity index (χ1) is 15.9. The van der Waals surface area contributed by atoms with Crippen LogP contribution in [0.15, 0.2) is 82.7 Å². The van der Waals surface area contributed by atoms with Crippen LogP contribution in [0.1, 0.15) is 21.5 Å². The molecule has 33 heavy (non-hydrogen) atoms. The molecule has 1 heterocycles. The van der Waals surface area contributed by atoms with E-state index in [9.17, 15) is 14.7 Å². The smallest absolute Gasteiger partial charge is 0.337 e. The zero-order chi connectivity index (χ0) is 23.4. The molecule has 1 amide bonds. The van der Waals surface area contributed by atoms with Crippen molar-refractivity contribution in [2.24, 2.45) is 4.99 Å². The number of amides is 1. The number of rotatable bonds is 6. The van der Waals surface area contributed by atoms with Gasteiger partial charge in [0.05, 0.1) is 16.2 Å². The first kappa shape index (κ1) is 22.6. The summed E-state index contributed by atoms with van der Waals surface area (Å²) in [6.07, 6.45) is 1.75. The fourth-order valence-corrected chi connectivity index (χ4v) is 4.16. The van der Waals surface area contributed by atoms with Crippen LogP contribution in [0.2, 0.25) is 5.02 Å². The lowest BCUT2D eigenvalue weighted by molar-refractivity contribution is -0.113. The molecule has 0 unspecified atom stereocenters. The Bertz CT molecular complexity index is 1250. The van der Waals surface area contributed by atoms with E-state index >= 15 is 0 Å². The number of nitrogens with zero attached hydrogens (tertiary/aromatic N) is 2. The Morgan fingerprint density at radius 3 is 2.48 bits per heavy atom. The molecule has 8 heteroatoms. The molecule has 0 aliphatic carbocycles. The molecule has 0 saturated heterocycles. The summed E-state index contributed by atoms with van der Waals surface area (Å²) in [5.74, 6) is -0.696. The Hall–Kier alpha value is -3.55. The molecule has 1 aliphatic heterocycles. The van der Waals surface area contributed by atoms with Gasteiger partial charge in [-0.1, -0.05) is 48.0 Å². The van der Waals surface area contributed by atoms with Crippen LogP contribution in [-0.4, -0.2) is 29.2 Å². The minimum Gasteiger partial charge on any atom is -0.489 e. The Kier molecular flexibility index (Phi) is 6.82. The van der Waals surface area contributed by atoms with Gasteiger partial charge in [0.15, 0.2) is 5.17 Å². The number of hydrogen-bond donors (Lipinski definition) is 1. The lowest BCUT2D eigenvalue weighted by Gasteiger charge is -2.19. The highest BCUT2D eigenvalue weighted by Crippen LogP contribution is 2.33. The number of carbonyl (C=O) groups excluding carboxylic acids is 1. The van der Waals surface area contributed by atoms with E-state index in [0.29, 0.717) is 33.1 Å². The van der Waals surface area contributed by atoms with Gasteiger partial charge in [0.1, 0.15) is 12.4 Å². The van der Waals surface area contributed by atoms with Crippen molar-refractivity contribution in [2.75, 3.05) is 11.9 Å². The molecule has 0 atom stereocenters. The molecule has 6 nitrogen and oxygen atoms in total. The SMILES string of the molecule is CN(C1=NC(=O)/C(=C/c2ccc(OCc3ccc(Cl)cc3)cc2)S1)c1ccccc1C(=O)O. The van der Waals surface area contributed by atoms with Crippen molar-refractivity contribution < 1.29 is 19.4 Å². The van der Waals surface area contributed by atoms with Gasteiger partial charge < -0.3 is 14.7 Å². The largest absolute Gasteiger partial charge is 0.489 e. The Labute approximate surface area is 200 Å². The number of aromatic carboxylic acids is 1. The van der Waals surface area contributed by atoms with Crippen LogP contribution in [0.4, 0.5) is 5.69 Å². The van der Waals surface area contributed by atoms with Crippen molar-refractivity contribution in [1.29, 1.82) is 0 Å². The van der Waals surface area contributed by atoms with Gasteiger partial charge in [0, 0.05) is 12.1 Å². The van der Waals surface area contributed by atoms with E-state index in [4.69, 9.17) is 16.3 Å². The molecule has 3 aromatic rings. The molecule has 1 aliphatic rings. The number of ether oxygens (including phenoxy) is 1. The molecule has 1 N–H and O–H groups in total. The number of carbonyl (C=O) groups is 2. The quantitative estimate of drug-likeness (QED) is 0.456. The average molecular weight is 479 g/mol. The molecular weight excluding hydrogens is 460 g/mol. The lowest BCUT2D eigenvalue weighted by atomic mass is 10.1. The number of aliphatic imine (C=N–C) groups is 1. The van der Waals surface area contributed by atoms with Crippen LogP contribution in [0.3, 0.4) is 0 Å². The second kappa shape index (κ2) is 9.94. The Morgan fingerprint density at radius 1 is 1.09 bits per heavy atom. The van der Waals surface area contributed by atoms with Crippen LogP contribution in [0, 0.1) is 0 Å². The summed E-state index contributed by atoms with van der Waals surface area (Å²) in [4.78, 5) is 30.1. The fourth-order valence-electron chi connectivity index (χ4n) is 3.15. The standard InChI is InChI=1S/C25H19ClN2O4S/c1-28(21-5-3-2-4-20(21)24(30)31)25-27-23(29)22(33-25)14-16-8-12-19(13-9-16)32-15-17-6-10-18(26)11-7-17/h2-14H,15H2,1H3,(H,30,31)/b22-14-. The van der Waals surface area contributed by atoms with Gasteiger partial charge in [-0.15, -0.1) is 0 Å². The molecule has 0 fully saturated rings. The number of amidine groups is 1. The van der Waals surface area contributed by atoms with Crippen molar-refractivity contribution in [1.82, 2.24) is 0 Å². The highest BCUT2D eigenvalue weighted by molar-refractivity contribution is 8.18. The van der Waals surface area contributed by atoms with Crippen LogP contribution in [0.5, 0.6) is 5.75 Å². The summed E-state index contributed by atoms with van der Waals surface area (Å²) < 4.78 is 5.79. The predicted octanol–water partition coefficient (Wildman–Crippen LogP) is 5.72. The van der Waals surface area contributed by atoms with Gasteiger partial charge in [0.2, 0.25) is 0 Å². The zero-order valence-electron chi connectivity index (χ0n) is 17.6. The lowest BCUT2D eigenvalue weighted by Crippen LogP contribution is -2.24. The van der Waals surface area contributed by atoms with Crippen molar-refractivity contribution >= 4 is 52.2 Å². The number of hydrogen-bond acceptors (Lipinski definition) is 5. The molecule has 0 saturated carbocycles. The number of carboxylic acids is 1. The highest BCUT2D eigenvalue weighted by Gasteiger charge is 2.27. The second-order valence-electron chi connectivity index (χ2n) is 7.18. The summed E-state index contributed by atoms with van der Waals surface area (Å²) in [6, 6.07) is 21.5. The monoisotopic (exact) mass is 478 g/mol. The minimum atomic E-state index is -1.04. The first-order valence-corrected chi connectivity index (χ1v) is 11.2. The van der Waals surface area contributed by atoms with E-state index in [2.05, 4.69) is 4.99 Å². The van der Waals surface area contributed by atoms with Crippen molar-refractivity contribution in [3.8, 4) is 5.75 Å². The Balaban J connectivity index is 1.42. The summed E-state index contributed by atoms with van der Waals surface area (Å²) in [6.45, 7) is 0.424. The van der Waals surface area contributed by atoms with E-state index in [-0.39, 0.29) is 11.5 Å². The van der Waals surface area contributed by atoms with E-state index in [1.165, 1.54) is 17.8 Å². The maximum Gasteiger partial charge on any atom is 0.337 e. The van der Waals surface area contributed by atoms with E-state index in [1.807, 2.05) is 48.5 Å². The maximum absolute atomic E-state index is 12.4. The van der Waals surface area contributed by atoms with Crippen LogP contribution >= 0.6 is 23.4 Å². The minimum absolute atomic E-state index is 0.141. The van der Waals surface area contributed by atoms with Gasteiger partial charge >= 0.3 is 5.97 Å². The third-order valence-electron chi connectivity index (χ3n) is 4.89. The third-order valence-corrected chi connectivity index (χ3v) is 6.20. The Morgan fingerprint density at radius 2 is 1.79 bits per heavy atom. The number of benzene rings is 3. The molecule has 3 aromatic carbocycles. The van der Waals surface area contributed by atoms with Gasteiger partial charge in [-0.3, -0.25) is 4.79 Å². The number of anilines is 1. The molecule has 4 rings (SSSR count). The van der Waals surface area contributed by atoms with E-state index in [1.54, 1.807) is 36.2 Å². The highest BCUT2D eigenvalue weighted by atomic mass is 35.5. The number of carboxylic acid groups (broad SMARTS) is 1. The fraction of sp³-hybridized carbons (Fsp3) is 0.0800. The van der Waals surface area contributed by atoms with Gasteiger partial charge in [-0.2, -0.15) is 4.99 Å². The summed E-state index contributed by atoms with van der Waals surface area (Å²) >= 11 is 7.10. The predicted molar refractivity (Wildman–Crippen MR) is 132 cm³/mol. The molecule has 0 bridgehead atoms. The third kappa shape index (κ3) is 5.45. The average Bonchev–Trinajstić information content (AvgIpc) is 3.19. The van der Waals surface area contributed by atoms with Gasteiger partial charge in [-0.05, 0) is 65.4 Å². The molecule has 166 valence electrons. The summed E-state index contributed by atoms with van der Waals surface area (Å²) in [5.41, 5.74) is 2.45. The van der Waals surface area contributed by atoms with Crippen molar-refractivity contribution in [3.05, 3.63) is 99.4 Å². The molecular formula is C25H19ClN2O4S. The first-order valence-electron chi connectivity index (χ1n) is 9.96. The molecule has 0 spiro atoms. The molecule has 0 aromatic heterocycles. The number of thioether (sulfide) groups is 1. The number of para-hydroxylation sites is 1. The summed E-state index contributed by atoms with van der Waals surface area (Å²) in [7, 11) is 1.69. The molecule has 0 radical (unpaired) electrons. The van der Waals surface area contributed by atoms with E-state index in [0.717, 1.165) is 11.1 Å². The van der Waals surface area contributed by atoms with Crippen molar-refractivity contribution in [3.63, 3.8) is 0 Å². The maximum atomic E-state index is 12.4. The zero-order valence-corrected chi connectivity index (χ0v) is 19.1. The van der Waals surface area contributed by atoms with Crippen molar-refractivity contribution in [2.45, 2.75) is 6.61 Å². The second-order valence-corrected chi connectivity index (χ2v) is 8.62. The summed E-state index contributed by atoms with van der Waals surface area (Å²) in [5, 5.41) is 10.5.